The highest BCUT2D eigenvalue weighted by atomic mass is 19.2. The van der Waals surface area contributed by atoms with E-state index in [0.29, 0.717) is 6.42 Å². The monoisotopic (exact) mass is 801 g/mol. The summed E-state index contributed by atoms with van der Waals surface area (Å²) in [5, 5.41) is 15.1. The second kappa shape index (κ2) is 17.5. The zero-order valence-corrected chi connectivity index (χ0v) is 34.2. The zero-order chi connectivity index (χ0) is 42.0. The summed E-state index contributed by atoms with van der Waals surface area (Å²) in [6, 6.07) is 8.07. The molecule has 57 heavy (non-hydrogen) atoms. The topological polar surface area (TPSA) is 163 Å². The summed E-state index contributed by atoms with van der Waals surface area (Å²) in [6.45, 7) is 8.78. The predicted octanol–water partition coefficient (Wildman–Crippen LogP) is 5.15. The van der Waals surface area contributed by atoms with Crippen LogP contribution in [-0.4, -0.2) is 126 Å². The minimum Gasteiger partial charge on any atom is -0.455 e. The van der Waals surface area contributed by atoms with Crippen LogP contribution in [-0.2, 0) is 38.1 Å². The minimum atomic E-state index is -3.82. The van der Waals surface area contributed by atoms with Gasteiger partial charge in [0.2, 0.25) is 0 Å². The van der Waals surface area contributed by atoms with Crippen molar-refractivity contribution in [1.29, 1.82) is 0 Å². The number of halogens is 2. The van der Waals surface area contributed by atoms with E-state index in [2.05, 4.69) is 10.3 Å². The molecule has 2 aromatic rings. The number of para-hydroxylation sites is 1. The smallest absolute Gasteiger partial charge is 0.408 e. The number of Topliss-reactive ketones (excluding diaryl/α,β-unsaturated/α-hetero) is 2. The minimum absolute atomic E-state index is 0.0289. The molecule has 1 aromatic heterocycles. The predicted molar refractivity (Wildman–Crippen MR) is 206 cm³/mol. The number of amides is 1. The molecule has 15 heteroatoms. The SMILES string of the molecule is CC[C@@H]1OC(=O)C(F)(CF)C(=O)[C@H](C)[C@@H](O[C@@H]2O[C@H](C)C[C@H](N(C)C)[C@H]2O)[C@@](C)(OC/C=C/c2cnc3ccccc3c2)C[C@@H](C)C(=O)[C@@H](C)[C@H]2NC(=O)O[C@]12C. The Morgan fingerprint density at radius 3 is 2.46 bits per heavy atom. The van der Waals surface area contributed by atoms with Crippen LogP contribution < -0.4 is 5.32 Å². The number of pyridine rings is 1. The summed E-state index contributed by atoms with van der Waals surface area (Å²) >= 11 is 0. The molecule has 0 saturated carbocycles. The molecule has 4 heterocycles. The zero-order valence-electron chi connectivity index (χ0n) is 34.2. The second-order valence-electron chi connectivity index (χ2n) is 16.5. The summed E-state index contributed by atoms with van der Waals surface area (Å²) in [6.07, 6.45) is -1.38. The number of aromatic nitrogens is 1. The Kier molecular flexibility index (Phi) is 13.6. The summed E-state index contributed by atoms with van der Waals surface area (Å²) in [7, 11) is 3.57. The van der Waals surface area contributed by atoms with Gasteiger partial charge in [-0.3, -0.25) is 14.6 Å². The maximum Gasteiger partial charge on any atom is 0.408 e. The van der Waals surface area contributed by atoms with E-state index in [1.165, 1.54) is 13.8 Å². The average molecular weight is 802 g/mol. The molecule has 1 aromatic carbocycles. The fourth-order valence-corrected chi connectivity index (χ4v) is 8.77. The van der Waals surface area contributed by atoms with Crippen LogP contribution in [0.15, 0.2) is 42.6 Å². The fourth-order valence-electron chi connectivity index (χ4n) is 8.77. The van der Waals surface area contributed by atoms with Crippen molar-refractivity contribution in [2.75, 3.05) is 27.4 Å². The van der Waals surface area contributed by atoms with Crippen molar-refractivity contribution in [2.45, 2.75) is 127 Å². The molecule has 1 amide bonds. The summed E-state index contributed by atoms with van der Waals surface area (Å²) < 4.78 is 62.2. The number of aliphatic hydroxyl groups is 1. The summed E-state index contributed by atoms with van der Waals surface area (Å²) in [5.41, 5.74) is -5.58. The van der Waals surface area contributed by atoms with E-state index in [1.807, 2.05) is 35.2 Å². The van der Waals surface area contributed by atoms with E-state index in [4.69, 9.17) is 23.7 Å². The van der Waals surface area contributed by atoms with Gasteiger partial charge >= 0.3 is 12.1 Å². The number of hydrogen-bond acceptors (Lipinski definition) is 12. The van der Waals surface area contributed by atoms with Crippen molar-refractivity contribution in [3.8, 4) is 0 Å². The molecule has 3 fully saturated rings. The van der Waals surface area contributed by atoms with Gasteiger partial charge in [0.1, 0.15) is 24.7 Å². The maximum absolute atomic E-state index is 16.9. The van der Waals surface area contributed by atoms with Crippen molar-refractivity contribution < 1.29 is 56.7 Å². The van der Waals surface area contributed by atoms with Crippen molar-refractivity contribution in [1.82, 2.24) is 15.2 Å². The molecule has 13 nitrogen and oxygen atoms in total. The van der Waals surface area contributed by atoms with Crippen molar-refractivity contribution in [3.05, 3.63) is 48.2 Å². The summed E-state index contributed by atoms with van der Waals surface area (Å²) in [5.74, 6) is -7.06. The molecule has 3 aliphatic rings. The van der Waals surface area contributed by atoms with Gasteiger partial charge in [0, 0.05) is 35.4 Å². The van der Waals surface area contributed by atoms with Gasteiger partial charge in [-0.2, -0.15) is 0 Å². The quantitative estimate of drug-likeness (QED) is 0.254. The molecule has 0 radical (unpaired) electrons. The number of benzene rings is 1. The largest absolute Gasteiger partial charge is 0.455 e. The number of rotatable bonds is 9. The van der Waals surface area contributed by atoms with E-state index < -0.39 is 102 Å². The van der Waals surface area contributed by atoms with Gasteiger partial charge in [0.15, 0.2) is 17.7 Å². The Morgan fingerprint density at radius 1 is 1.09 bits per heavy atom. The molecular formula is C42H57F2N3O10. The molecule has 3 aliphatic heterocycles. The molecule has 2 N–H and O–H groups in total. The lowest BCUT2D eigenvalue weighted by Crippen LogP contribution is -2.62. The lowest BCUT2D eigenvalue weighted by Gasteiger charge is -2.47. The Hall–Kier alpha value is -3.89. The van der Waals surface area contributed by atoms with Crippen LogP contribution in [0.1, 0.15) is 73.3 Å². The van der Waals surface area contributed by atoms with Crippen molar-refractivity contribution >= 4 is 40.6 Å². The number of ketones is 2. The second-order valence-corrected chi connectivity index (χ2v) is 16.5. The van der Waals surface area contributed by atoms with Gasteiger partial charge < -0.3 is 39.0 Å². The van der Waals surface area contributed by atoms with E-state index >= 15 is 4.39 Å². The first-order valence-electron chi connectivity index (χ1n) is 19.6. The van der Waals surface area contributed by atoms with Gasteiger partial charge in [-0.1, -0.05) is 58.0 Å². The highest BCUT2D eigenvalue weighted by Gasteiger charge is 2.60. The number of ether oxygens (including phenoxy) is 5. The lowest BCUT2D eigenvalue weighted by atomic mass is 9.73. The number of nitrogens with zero attached hydrogens (tertiary/aromatic N) is 2. The van der Waals surface area contributed by atoms with Crippen LogP contribution in [0.4, 0.5) is 13.6 Å². The Bertz CT molecular complexity index is 1830. The number of alkyl halides is 2. The number of carbonyl (C=O) groups excluding carboxylic acids is 4. The lowest BCUT2D eigenvalue weighted by molar-refractivity contribution is -0.297. The highest BCUT2D eigenvalue weighted by molar-refractivity contribution is 6.08. The van der Waals surface area contributed by atoms with E-state index in [-0.39, 0.29) is 25.2 Å². The van der Waals surface area contributed by atoms with Gasteiger partial charge in [-0.05, 0) is 71.8 Å². The maximum atomic E-state index is 16.9. The average Bonchev–Trinajstić information content (AvgIpc) is 3.50. The fraction of sp³-hybridized carbons (Fsp3) is 0.643. The number of nitrogens with one attached hydrogen (secondary N) is 1. The standard InChI is InChI=1S/C42H57F2N3O10/c1-10-31-41(7)34(46-39(52)57-41)25(4)32(48)23(2)20-40(6,53-17-13-14-27-19-28-15-11-12-16-29(28)45-21-27)36(26(5)35(50)42(44,22-43)38(51)55-31)56-37-33(49)30(47(8)9)18-24(3)54-37/h11-16,19,21,23-26,30-31,33-34,36-37,49H,10,17-18,20,22H2,1-9H3,(H,46,52)/b14-13+/t23-,24-,25-,26+,30+,31+,33-,34-,36-,37+,40+,41-,42?/m1/s1. The number of carbonyl (C=O) groups is 4. The third-order valence-corrected chi connectivity index (χ3v) is 12.0. The van der Waals surface area contributed by atoms with Crippen molar-refractivity contribution in [3.63, 3.8) is 0 Å². The van der Waals surface area contributed by atoms with Crippen LogP contribution in [0.5, 0.6) is 0 Å². The van der Waals surface area contributed by atoms with Gasteiger partial charge in [-0.25, -0.2) is 18.4 Å². The Balaban J connectivity index is 1.60. The highest BCUT2D eigenvalue weighted by Crippen LogP contribution is 2.41. The van der Waals surface area contributed by atoms with Crippen LogP contribution in [0.2, 0.25) is 0 Å². The number of likely N-dealkylation sites (N-methyl/N-ethyl adjacent to an activating group) is 1. The number of cyclic esters (lactones) is 1. The molecule has 3 saturated heterocycles. The molecule has 1 unspecified atom stereocenters. The first-order valence-corrected chi connectivity index (χ1v) is 19.6. The first-order chi connectivity index (χ1) is 26.8. The van der Waals surface area contributed by atoms with Crippen LogP contribution in [0.3, 0.4) is 0 Å². The number of fused-ring (bicyclic) bond motifs is 2. The first kappa shape index (κ1) is 44.2. The molecule has 0 spiro atoms. The number of alkyl carbamates (subject to hydrolysis) is 1. The van der Waals surface area contributed by atoms with E-state index in [9.17, 15) is 28.7 Å². The number of hydrogen-bond donors (Lipinski definition) is 2. The Morgan fingerprint density at radius 2 is 1.79 bits per heavy atom. The number of esters is 1. The van der Waals surface area contributed by atoms with Gasteiger partial charge in [-0.15, -0.1) is 0 Å². The molecule has 0 aliphatic carbocycles. The molecule has 314 valence electrons. The molecule has 5 rings (SSSR count). The number of aliphatic hydroxyl groups excluding tert-OH is 1. The normalized spacial score (nSPS) is 38.5. The van der Waals surface area contributed by atoms with E-state index in [1.54, 1.807) is 67.1 Å². The third-order valence-electron chi connectivity index (χ3n) is 12.0. The Labute approximate surface area is 332 Å². The molecule has 13 atom stereocenters. The van der Waals surface area contributed by atoms with Crippen LogP contribution >= 0.6 is 0 Å². The van der Waals surface area contributed by atoms with Crippen LogP contribution in [0.25, 0.3) is 17.0 Å². The van der Waals surface area contributed by atoms with Gasteiger partial charge in [0.25, 0.3) is 5.67 Å². The van der Waals surface area contributed by atoms with Crippen LogP contribution in [0, 0.1) is 17.8 Å². The van der Waals surface area contributed by atoms with Gasteiger partial charge in [0.05, 0.1) is 36.0 Å². The summed E-state index contributed by atoms with van der Waals surface area (Å²) in [4.78, 5) is 61.5. The molecule has 0 bridgehead atoms. The molecular weight excluding hydrogens is 744 g/mol. The van der Waals surface area contributed by atoms with Crippen molar-refractivity contribution in [2.24, 2.45) is 17.8 Å². The van der Waals surface area contributed by atoms with E-state index in [0.717, 1.165) is 16.5 Å². The third kappa shape index (κ3) is 8.92.